The molecule has 0 aliphatic carbocycles. The fourth-order valence-electron chi connectivity index (χ4n) is 3.36. The van der Waals surface area contributed by atoms with Crippen molar-refractivity contribution in [3.05, 3.63) is 53.9 Å². The van der Waals surface area contributed by atoms with Crippen molar-refractivity contribution < 1.29 is 4.79 Å². The predicted octanol–water partition coefficient (Wildman–Crippen LogP) is 1.86. The zero-order valence-electron chi connectivity index (χ0n) is 14.9. The third-order valence-corrected chi connectivity index (χ3v) is 4.75. The smallest absolute Gasteiger partial charge is 0.227 e. The quantitative estimate of drug-likeness (QED) is 0.753. The number of anilines is 1. The van der Waals surface area contributed by atoms with Crippen molar-refractivity contribution in [1.29, 1.82) is 0 Å². The van der Waals surface area contributed by atoms with Crippen LogP contribution in [0.3, 0.4) is 0 Å². The molecule has 0 spiro atoms. The molecule has 0 fully saturated rings. The Kier molecular flexibility index (Phi) is 4.30. The van der Waals surface area contributed by atoms with Crippen molar-refractivity contribution in [2.24, 2.45) is 14.1 Å². The third kappa shape index (κ3) is 3.39. The summed E-state index contributed by atoms with van der Waals surface area (Å²) in [6.45, 7) is 0.811. The van der Waals surface area contributed by atoms with Gasteiger partial charge in [-0.15, -0.1) is 0 Å². The Hall–Kier alpha value is -2.93. The van der Waals surface area contributed by atoms with Crippen LogP contribution in [0.4, 0.5) is 5.82 Å². The van der Waals surface area contributed by atoms with E-state index in [1.807, 2.05) is 26.4 Å². The van der Waals surface area contributed by atoms with Gasteiger partial charge in [0, 0.05) is 50.9 Å². The van der Waals surface area contributed by atoms with Gasteiger partial charge in [0.1, 0.15) is 5.82 Å². The summed E-state index contributed by atoms with van der Waals surface area (Å²) in [5.41, 5.74) is 4.36. The second-order valence-corrected chi connectivity index (χ2v) is 6.74. The van der Waals surface area contributed by atoms with Crippen LogP contribution in [0, 0.1) is 0 Å². The molecule has 0 unspecified atom stereocenters. The second kappa shape index (κ2) is 6.76. The zero-order valence-corrected chi connectivity index (χ0v) is 14.9. The van der Waals surface area contributed by atoms with Gasteiger partial charge >= 0.3 is 0 Å². The number of aromatic nitrogens is 4. The minimum Gasteiger partial charge on any atom is -0.311 e. The molecule has 1 aliphatic rings. The molecule has 0 saturated carbocycles. The van der Waals surface area contributed by atoms with Gasteiger partial charge in [0.15, 0.2) is 0 Å². The minimum atomic E-state index is -0.0115. The summed E-state index contributed by atoms with van der Waals surface area (Å²) in [4.78, 5) is 12.5. The Labute approximate surface area is 152 Å². The molecular formula is C19H22N6O. The summed E-state index contributed by atoms with van der Waals surface area (Å²) in [7, 11) is 3.69. The molecule has 1 atom stereocenters. The van der Waals surface area contributed by atoms with E-state index in [9.17, 15) is 4.79 Å². The van der Waals surface area contributed by atoms with Crippen molar-refractivity contribution >= 4 is 11.7 Å². The Bertz CT molecular complexity index is 941. The first kappa shape index (κ1) is 16.5. The molecule has 1 aliphatic heterocycles. The molecule has 26 heavy (non-hydrogen) atoms. The third-order valence-electron chi connectivity index (χ3n) is 4.75. The first-order valence-corrected chi connectivity index (χ1v) is 8.71. The van der Waals surface area contributed by atoms with E-state index in [0.29, 0.717) is 12.2 Å². The lowest BCUT2D eigenvalue weighted by Gasteiger charge is -2.25. The van der Waals surface area contributed by atoms with Crippen LogP contribution in [0.1, 0.15) is 17.5 Å². The standard InChI is InChI=1S/C19H22N6O/c1-24-12-15(11-21-24)17-9-18(25(2)23-17)22-19(26)8-16-7-13-5-3-4-6-14(13)10-20-16/h3-6,9,11-12,16,20H,7-8,10H2,1-2H3,(H,22,26)/t16-/m0/s1. The molecule has 0 bridgehead atoms. The normalized spacial score (nSPS) is 16.3. The topological polar surface area (TPSA) is 76.8 Å². The summed E-state index contributed by atoms with van der Waals surface area (Å²) in [6.07, 6.45) is 4.96. The Morgan fingerprint density at radius 2 is 2.12 bits per heavy atom. The summed E-state index contributed by atoms with van der Waals surface area (Å²) in [5, 5.41) is 15.0. The van der Waals surface area contributed by atoms with Crippen molar-refractivity contribution in [3.63, 3.8) is 0 Å². The van der Waals surface area contributed by atoms with E-state index in [2.05, 4.69) is 45.1 Å². The van der Waals surface area contributed by atoms with Gasteiger partial charge < -0.3 is 10.6 Å². The Balaban J connectivity index is 1.40. The summed E-state index contributed by atoms with van der Waals surface area (Å²) >= 11 is 0. The van der Waals surface area contributed by atoms with Gasteiger partial charge in [0.05, 0.1) is 11.9 Å². The average molecular weight is 350 g/mol. The van der Waals surface area contributed by atoms with E-state index in [-0.39, 0.29) is 11.9 Å². The van der Waals surface area contributed by atoms with Crippen LogP contribution >= 0.6 is 0 Å². The molecule has 2 N–H and O–H groups in total. The van der Waals surface area contributed by atoms with Crippen molar-refractivity contribution in [1.82, 2.24) is 24.9 Å². The monoisotopic (exact) mass is 350 g/mol. The van der Waals surface area contributed by atoms with Gasteiger partial charge in [-0.3, -0.25) is 14.2 Å². The maximum atomic E-state index is 12.5. The van der Waals surface area contributed by atoms with E-state index in [0.717, 1.165) is 24.2 Å². The molecule has 2 aromatic heterocycles. The largest absolute Gasteiger partial charge is 0.311 e. The number of nitrogens with one attached hydrogen (secondary N) is 2. The first-order chi connectivity index (χ1) is 12.6. The number of amides is 1. The number of carbonyl (C=O) groups is 1. The van der Waals surface area contributed by atoms with E-state index in [1.54, 1.807) is 15.6 Å². The number of rotatable bonds is 4. The lowest BCUT2D eigenvalue weighted by Crippen LogP contribution is -2.38. The van der Waals surface area contributed by atoms with Gasteiger partial charge in [-0.05, 0) is 17.5 Å². The van der Waals surface area contributed by atoms with Crippen LogP contribution in [-0.4, -0.2) is 31.5 Å². The maximum Gasteiger partial charge on any atom is 0.227 e. The molecule has 7 heteroatoms. The van der Waals surface area contributed by atoms with Crippen molar-refractivity contribution in [2.75, 3.05) is 5.32 Å². The van der Waals surface area contributed by atoms with Gasteiger partial charge in [-0.1, -0.05) is 24.3 Å². The number of nitrogens with zero attached hydrogens (tertiary/aromatic N) is 4. The number of carbonyl (C=O) groups excluding carboxylic acids is 1. The van der Waals surface area contributed by atoms with E-state index in [4.69, 9.17) is 0 Å². The molecule has 0 saturated heterocycles. The molecule has 3 aromatic rings. The summed E-state index contributed by atoms with van der Waals surface area (Å²) < 4.78 is 3.42. The maximum absolute atomic E-state index is 12.5. The number of benzene rings is 1. The SMILES string of the molecule is Cn1cc(-c2cc(NC(=O)C[C@@H]3Cc4ccccc4CN3)n(C)n2)cn1. The lowest BCUT2D eigenvalue weighted by atomic mass is 9.94. The predicted molar refractivity (Wildman–Crippen MR) is 99.4 cm³/mol. The lowest BCUT2D eigenvalue weighted by molar-refractivity contribution is -0.116. The van der Waals surface area contributed by atoms with Crippen LogP contribution in [0.25, 0.3) is 11.3 Å². The van der Waals surface area contributed by atoms with Gasteiger partial charge in [-0.25, -0.2) is 0 Å². The zero-order chi connectivity index (χ0) is 18.1. The molecular weight excluding hydrogens is 328 g/mol. The van der Waals surface area contributed by atoms with Gasteiger partial charge in [0.2, 0.25) is 5.91 Å². The van der Waals surface area contributed by atoms with E-state index >= 15 is 0 Å². The number of aryl methyl sites for hydroxylation is 2. The number of fused-ring (bicyclic) bond motifs is 1. The van der Waals surface area contributed by atoms with Crippen LogP contribution in [0.5, 0.6) is 0 Å². The van der Waals surface area contributed by atoms with Gasteiger partial charge in [-0.2, -0.15) is 10.2 Å². The average Bonchev–Trinajstić information content (AvgIpc) is 3.21. The highest BCUT2D eigenvalue weighted by molar-refractivity contribution is 5.91. The highest BCUT2D eigenvalue weighted by Crippen LogP contribution is 2.22. The molecule has 4 rings (SSSR count). The molecule has 1 amide bonds. The van der Waals surface area contributed by atoms with E-state index < -0.39 is 0 Å². The summed E-state index contributed by atoms with van der Waals surface area (Å²) in [5.74, 6) is 0.674. The van der Waals surface area contributed by atoms with Crippen LogP contribution in [0.15, 0.2) is 42.7 Å². The molecule has 0 radical (unpaired) electrons. The summed E-state index contributed by atoms with van der Waals surface area (Å²) in [6, 6.07) is 10.4. The fraction of sp³-hybridized carbons (Fsp3) is 0.316. The number of hydrogen-bond donors (Lipinski definition) is 2. The highest BCUT2D eigenvalue weighted by Gasteiger charge is 2.21. The molecule has 1 aromatic carbocycles. The Morgan fingerprint density at radius 3 is 2.88 bits per heavy atom. The van der Waals surface area contributed by atoms with Crippen molar-refractivity contribution in [2.45, 2.75) is 25.4 Å². The van der Waals surface area contributed by atoms with Gasteiger partial charge in [0.25, 0.3) is 0 Å². The molecule has 134 valence electrons. The number of hydrogen-bond acceptors (Lipinski definition) is 4. The first-order valence-electron chi connectivity index (χ1n) is 8.71. The minimum absolute atomic E-state index is 0.0115. The fourth-order valence-corrected chi connectivity index (χ4v) is 3.36. The highest BCUT2D eigenvalue weighted by atomic mass is 16.1. The Morgan fingerprint density at radius 1 is 1.31 bits per heavy atom. The van der Waals surface area contributed by atoms with Crippen LogP contribution in [0.2, 0.25) is 0 Å². The van der Waals surface area contributed by atoms with Crippen LogP contribution in [-0.2, 0) is 31.9 Å². The second-order valence-electron chi connectivity index (χ2n) is 6.74. The van der Waals surface area contributed by atoms with Crippen LogP contribution < -0.4 is 10.6 Å². The molecule has 3 heterocycles. The van der Waals surface area contributed by atoms with Crippen molar-refractivity contribution in [3.8, 4) is 11.3 Å². The molecule has 7 nitrogen and oxygen atoms in total. The van der Waals surface area contributed by atoms with E-state index in [1.165, 1.54) is 11.1 Å².